The lowest BCUT2D eigenvalue weighted by molar-refractivity contribution is -0.134. The Balaban J connectivity index is 3.30. The highest BCUT2D eigenvalue weighted by atomic mass is 32.1. The van der Waals surface area contributed by atoms with E-state index in [1.807, 2.05) is 11.4 Å². The first-order valence-corrected chi connectivity index (χ1v) is 12.9. The smallest absolute Gasteiger partial charge is 0.339 e. The molecule has 0 radical (unpaired) electrons. The van der Waals surface area contributed by atoms with Gasteiger partial charge in [0.2, 0.25) is 0 Å². The fraction of sp³-hybridized carbons (Fsp3) is 0.600. The Labute approximate surface area is 162 Å². The van der Waals surface area contributed by atoms with Gasteiger partial charge in [0.15, 0.2) is 14.1 Å². The molecule has 146 valence electrons. The highest BCUT2D eigenvalue weighted by molar-refractivity contribution is 7.11. The molecular weight excluding hydrogens is 364 g/mol. The fourth-order valence-electron chi connectivity index (χ4n) is 2.36. The first-order valence-electron chi connectivity index (χ1n) is 9.11. The molecule has 0 spiro atoms. The van der Waals surface area contributed by atoms with Crippen LogP contribution < -0.4 is 0 Å². The van der Waals surface area contributed by atoms with Crippen LogP contribution in [0.15, 0.2) is 17.0 Å². The normalized spacial score (nSPS) is 14.3. The van der Waals surface area contributed by atoms with Crippen LogP contribution in [0.5, 0.6) is 0 Å². The van der Waals surface area contributed by atoms with Crippen LogP contribution in [-0.4, -0.2) is 25.2 Å². The van der Waals surface area contributed by atoms with Crippen molar-refractivity contribution in [1.29, 1.82) is 0 Å². The van der Waals surface area contributed by atoms with E-state index in [1.165, 1.54) is 24.3 Å². The molecule has 4 nitrogen and oxygen atoms in total. The third-order valence-electron chi connectivity index (χ3n) is 5.02. The summed E-state index contributed by atoms with van der Waals surface area (Å²) in [6.07, 6.45) is 4.43. The van der Waals surface area contributed by atoms with Gasteiger partial charge in [-0.3, -0.25) is 4.79 Å². The summed E-state index contributed by atoms with van der Waals surface area (Å²) in [5.41, 5.74) is 0.809. The molecule has 1 N–H and O–H groups in total. The number of carboxylic acids is 1. The highest BCUT2D eigenvalue weighted by Crippen LogP contribution is 2.42. The Kier molecular flexibility index (Phi) is 7.98. The Morgan fingerprint density at radius 3 is 2.42 bits per heavy atom. The number of carbonyl (C=O) groups excluding carboxylic acids is 1. The molecule has 1 aromatic rings. The lowest BCUT2D eigenvalue weighted by Gasteiger charge is -2.39. The van der Waals surface area contributed by atoms with Gasteiger partial charge >= 0.3 is 5.97 Å². The predicted molar refractivity (Wildman–Crippen MR) is 111 cm³/mol. The molecule has 1 heterocycles. The van der Waals surface area contributed by atoms with Crippen molar-refractivity contribution in [1.82, 2.24) is 0 Å². The number of hydrogen-bond acceptors (Lipinski definition) is 4. The van der Waals surface area contributed by atoms with Crippen LogP contribution in [0.2, 0.25) is 18.1 Å². The van der Waals surface area contributed by atoms with Crippen molar-refractivity contribution in [3.63, 3.8) is 0 Å². The third-order valence-corrected chi connectivity index (χ3v) is 10.4. The minimum Gasteiger partial charge on any atom is -0.478 e. The van der Waals surface area contributed by atoms with E-state index in [4.69, 9.17) is 4.43 Å². The molecule has 1 aromatic heterocycles. The van der Waals surface area contributed by atoms with E-state index in [2.05, 4.69) is 40.8 Å². The number of Topliss-reactive ketones (excluding diaryl/α,β-unsaturated/α-hetero) is 1. The number of rotatable bonds is 9. The molecule has 0 aliphatic heterocycles. The summed E-state index contributed by atoms with van der Waals surface area (Å²) in [5.74, 6) is -1.63. The van der Waals surface area contributed by atoms with Crippen LogP contribution in [0.25, 0.3) is 6.08 Å². The number of hydrogen-bond donors (Lipinski definition) is 1. The summed E-state index contributed by atoms with van der Waals surface area (Å²) in [6, 6.07) is 2.00. The number of ketones is 1. The summed E-state index contributed by atoms with van der Waals surface area (Å²) in [4.78, 5) is 23.8. The van der Waals surface area contributed by atoms with Gasteiger partial charge in [0.25, 0.3) is 0 Å². The number of aliphatic carboxylic acids is 1. The van der Waals surface area contributed by atoms with Crippen LogP contribution in [0.1, 0.15) is 70.4 Å². The molecule has 0 saturated carbocycles. The molecule has 1 atom stereocenters. The second-order valence-corrected chi connectivity index (χ2v) is 13.9. The molecule has 0 aliphatic carbocycles. The molecule has 0 amide bonds. The summed E-state index contributed by atoms with van der Waals surface area (Å²) in [5, 5.41) is 11.3. The topological polar surface area (TPSA) is 63.6 Å². The molecule has 0 aliphatic rings. The molecular formula is C20H32O4SSi. The zero-order chi connectivity index (χ0) is 20.1. The van der Waals surface area contributed by atoms with Gasteiger partial charge in [-0.2, -0.15) is 0 Å². The fourth-order valence-corrected chi connectivity index (χ4v) is 4.55. The Morgan fingerprint density at radius 2 is 1.96 bits per heavy atom. The van der Waals surface area contributed by atoms with Crippen molar-refractivity contribution in [2.75, 3.05) is 0 Å². The number of carboxylic acid groups (broad SMARTS) is 1. The maximum Gasteiger partial charge on any atom is 0.339 e. The van der Waals surface area contributed by atoms with E-state index in [9.17, 15) is 14.7 Å². The molecule has 1 unspecified atom stereocenters. The van der Waals surface area contributed by atoms with E-state index in [1.54, 1.807) is 0 Å². The van der Waals surface area contributed by atoms with Crippen LogP contribution >= 0.6 is 11.3 Å². The monoisotopic (exact) mass is 396 g/mol. The number of unbranched alkanes of at least 4 members (excludes halogenated alkanes) is 1. The van der Waals surface area contributed by atoms with Gasteiger partial charge in [0.05, 0.1) is 6.10 Å². The van der Waals surface area contributed by atoms with Crippen molar-refractivity contribution >= 4 is 37.5 Å². The van der Waals surface area contributed by atoms with Gasteiger partial charge in [-0.25, -0.2) is 4.79 Å². The average molecular weight is 397 g/mol. The van der Waals surface area contributed by atoms with Gasteiger partial charge < -0.3 is 9.53 Å². The Morgan fingerprint density at radius 1 is 1.35 bits per heavy atom. The molecule has 0 bridgehead atoms. The van der Waals surface area contributed by atoms with Gasteiger partial charge in [-0.15, -0.1) is 11.3 Å². The summed E-state index contributed by atoms with van der Waals surface area (Å²) < 4.78 is 6.68. The van der Waals surface area contributed by atoms with Crippen molar-refractivity contribution in [2.24, 2.45) is 0 Å². The summed E-state index contributed by atoms with van der Waals surface area (Å²) >= 11 is 1.45. The van der Waals surface area contributed by atoms with Crippen LogP contribution in [0, 0.1) is 0 Å². The SMILES string of the molecule is CCCCC(O[Si](C)(C)C(C)(C)C)c1ccsc1C=C(C(C)=O)C(=O)O. The Bertz CT molecular complexity index is 652. The first kappa shape index (κ1) is 22.8. The minimum atomic E-state index is -1.98. The van der Waals surface area contributed by atoms with Crippen molar-refractivity contribution in [2.45, 2.75) is 78.1 Å². The quantitative estimate of drug-likeness (QED) is 0.238. The highest BCUT2D eigenvalue weighted by Gasteiger charge is 2.39. The van der Waals surface area contributed by atoms with Crippen LogP contribution in [0.3, 0.4) is 0 Å². The van der Waals surface area contributed by atoms with Crippen molar-refractivity contribution in [3.05, 3.63) is 27.5 Å². The lowest BCUT2D eigenvalue weighted by atomic mass is 10.0. The van der Waals surface area contributed by atoms with Gasteiger partial charge in [-0.05, 0) is 54.6 Å². The first-order chi connectivity index (χ1) is 11.9. The Hall–Kier alpha value is -1.24. The van der Waals surface area contributed by atoms with Crippen LogP contribution in [0.4, 0.5) is 0 Å². The van der Waals surface area contributed by atoms with Crippen molar-refractivity contribution in [3.8, 4) is 0 Å². The largest absolute Gasteiger partial charge is 0.478 e. The molecule has 0 saturated heterocycles. The standard InChI is InChI=1S/C20H32O4SSi/c1-8-9-10-17(24-26(6,7)20(3,4)5)15-11-12-25-18(15)13-16(14(2)21)19(22)23/h11-13,17H,8-10H2,1-7H3,(H,22,23). The lowest BCUT2D eigenvalue weighted by Crippen LogP contribution is -2.41. The third kappa shape index (κ3) is 5.89. The number of carbonyl (C=O) groups is 2. The van der Waals surface area contributed by atoms with Gasteiger partial charge in [0.1, 0.15) is 5.57 Å². The maximum absolute atomic E-state index is 11.7. The van der Waals surface area contributed by atoms with Gasteiger partial charge in [0, 0.05) is 4.88 Å². The van der Waals surface area contributed by atoms with E-state index < -0.39 is 20.1 Å². The van der Waals surface area contributed by atoms with Crippen LogP contribution in [-0.2, 0) is 14.0 Å². The average Bonchev–Trinajstić information content (AvgIpc) is 2.95. The van der Waals surface area contributed by atoms with Crippen molar-refractivity contribution < 1.29 is 19.1 Å². The zero-order valence-corrected chi connectivity index (χ0v) is 18.8. The second-order valence-electron chi connectivity index (χ2n) is 8.17. The molecule has 1 rings (SSSR count). The van der Waals surface area contributed by atoms with E-state index in [-0.39, 0.29) is 16.7 Å². The summed E-state index contributed by atoms with van der Waals surface area (Å²) in [7, 11) is -1.98. The molecule has 0 fully saturated rings. The minimum absolute atomic E-state index is 0.0738. The zero-order valence-electron chi connectivity index (χ0n) is 17.0. The van der Waals surface area contributed by atoms with Gasteiger partial charge in [-0.1, -0.05) is 40.5 Å². The number of thiophene rings is 1. The predicted octanol–water partition coefficient (Wildman–Crippen LogP) is 6.06. The summed E-state index contributed by atoms with van der Waals surface area (Å²) in [6.45, 7) is 14.5. The van der Waals surface area contributed by atoms with E-state index in [0.29, 0.717) is 0 Å². The molecule has 6 heteroatoms. The van der Waals surface area contributed by atoms with E-state index >= 15 is 0 Å². The van der Waals surface area contributed by atoms with E-state index in [0.717, 1.165) is 29.7 Å². The molecule has 0 aromatic carbocycles. The second kappa shape index (κ2) is 9.11. The molecule has 26 heavy (non-hydrogen) atoms. The maximum atomic E-state index is 11.7.